The van der Waals surface area contributed by atoms with Gasteiger partial charge in [0.1, 0.15) is 5.82 Å². The maximum Gasteiger partial charge on any atom is 0.191 e. The Hall–Kier alpha value is -1.64. The molecule has 0 aliphatic rings. The smallest absolute Gasteiger partial charge is 0.191 e. The molecule has 2 aromatic rings. The van der Waals surface area contributed by atoms with Crippen LogP contribution in [0, 0.1) is 5.82 Å². The van der Waals surface area contributed by atoms with Gasteiger partial charge in [0.05, 0.1) is 6.33 Å². The molecule has 0 saturated heterocycles. The molecule has 0 aliphatic carbocycles. The van der Waals surface area contributed by atoms with Crippen LogP contribution in [0.4, 0.5) is 4.39 Å². The molecule has 1 aromatic heterocycles. The van der Waals surface area contributed by atoms with Gasteiger partial charge in [0.2, 0.25) is 0 Å². The van der Waals surface area contributed by atoms with E-state index in [2.05, 4.69) is 20.6 Å². The number of aryl methyl sites for hydroxylation is 1. The molecule has 0 bridgehead atoms. The van der Waals surface area contributed by atoms with Crippen LogP contribution in [0.5, 0.6) is 0 Å². The van der Waals surface area contributed by atoms with E-state index in [4.69, 9.17) is 0 Å². The molecule has 5 nitrogen and oxygen atoms in total. The lowest BCUT2D eigenvalue weighted by atomic mass is 10.1. The third kappa shape index (κ3) is 7.76. The van der Waals surface area contributed by atoms with Crippen LogP contribution in [0.15, 0.2) is 48.0 Å². The van der Waals surface area contributed by atoms with Crippen molar-refractivity contribution in [1.29, 1.82) is 0 Å². The summed E-state index contributed by atoms with van der Waals surface area (Å²) in [6.45, 7) is 5.22. The average Bonchev–Trinajstić information content (AvgIpc) is 3.05. The van der Waals surface area contributed by atoms with Crippen molar-refractivity contribution in [2.75, 3.05) is 19.6 Å². The Balaban J connectivity index is 0.00000288. The molecule has 0 amide bonds. The van der Waals surface area contributed by atoms with Crippen LogP contribution in [-0.2, 0) is 13.0 Å². The normalized spacial score (nSPS) is 11.0. The van der Waals surface area contributed by atoms with Crippen molar-refractivity contribution in [2.45, 2.75) is 26.3 Å². The van der Waals surface area contributed by atoms with Crippen LogP contribution in [-0.4, -0.2) is 35.1 Å². The number of hydrogen-bond acceptors (Lipinski definition) is 2. The van der Waals surface area contributed by atoms with Gasteiger partial charge in [-0.3, -0.25) is 4.99 Å². The number of hydrogen-bond donors (Lipinski definition) is 2. The van der Waals surface area contributed by atoms with Crippen molar-refractivity contribution < 1.29 is 4.39 Å². The van der Waals surface area contributed by atoms with Crippen LogP contribution in [0.1, 0.15) is 18.9 Å². The Morgan fingerprint density at radius 1 is 1.33 bits per heavy atom. The minimum absolute atomic E-state index is 0. The lowest BCUT2D eigenvalue weighted by Gasteiger charge is -2.11. The molecule has 7 heteroatoms. The van der Waals surface area contributed by atoms with Gasteiger partial charge in [-0.25, -0.2) is 9.37 Å². The second-order valence-corrected chi connectivity index (χ2v) is 5.22. The summed E-state index contributed by atoms with van der Waals surface area (Å²) in [7, 11) is 0. The van der Waals surface area contributed by atoms with E-state index in [0.717, 1.165) is 50.5 Å². The van der Waals surface area contributed by atoms with Crippen molar-refractivity contribution in [1.82, 2.24) is 20.2 Å². The molecule has 0 spiro atoms. The molecule has 0 fully saturated rings. The molecule has 2 rings (SSSR count). The summed E-state index contributed by atoms with van der Waals surface area (Å²) < 4.78 is 15.2. The third-order valence-electron chi connectivity index (χ3n) is 3.34. The number of aromatic nitrogens is 2. The molecule has 0 atom stereocenters. The fraction of sp³-hybridized carbons (Fsp3) is 0.412. The molecule has 0 radical (unpaired) electrons. The summed E-state index contributed by atoms with van der Waals surface area (Å²) in [5, 5.41) is 6.50. The van der Waals surface area contributed by atoms with Gasteiger partial charge in [-0.1, -0.05) is 12.1 Å². The minimum Gasteiger partial charge on any atom is -0.357 e. The molecule has 1 aromatic carbocycles. The quantitative estimate of drug-likeness (QED) is 0.285. The Morgan fingerprint density at radius 3 is 2.92 bits per heavy atom. The van der Waals surface area contributed by atoms with Crippen LogP contribution < -0.4 is 10.6 Å². The Kier molecular flexibility index (Phi) is 10.1. The number of imidazole rings is 1. The van der Waals surface area contributed by atoms with E-state index < -0.39 is 0 Å². The zero-order valence-electron chi connectivity index (χ0n) is 13.9. The van der Waals surface area contributed by atoms with Crippen LogP contribution >= 0.6 is 24.0 Å². The van der Waals surface area contributed by atoms with E-state index in [0.29, 0.717) is 0 Å². The first-order valence-corrected chi connectivity index (χ1v) is 8.00. The van der Waals surface area contributed by atoms with E-state index >= 15 is 0 Å². The van der Waals surface area contributed by atoms with Gasteiger partial charge < -0.3 is 15.2 Å². The fourth-order valence-corrected chi connectivity index (χ4v) is 2.22. The summed E-state index contributed by atoms with van der Waals surface area (Å²) in [5.74, 6) is 0.608. The number of nitrogens with one attached hydrogen (secondary N) is 2. The summed E-state index contributed by atoms with van der Waals surface area (Å²) in [6, 6.07) is 6.69. The van der Waals surface area contributed by atoms with E-state index in [1.807, 2.05) is 30.1 Å². The maximum absolute atomic E-state index is 13.1. The van der Waals surface area contributed by atoms with Crippen LogP contribution in [0.25, 0.3) is 0 Å². The number of halogens is 2. The molecular weight excluding hydrogens is 420 g/mol. The van der Waals surface area contributed by atoms with Gasteiger partial charge in [0.25, 0.3) is 0 Å². The molecule has 24 heavy (non-hydrogen) atoms. The highest BCUT2D eigenvalue weighted by Crippen LogP contribution is 2.03. The number of nitrogens with zero attached hydrogens (tertiary/aromatic N) is 3. The number of benzene rings is 1. The largest absolute Gasteiger partial charge is 0.357 e. The first-order chi connectivity index (χ1) is 11.3. The van der Waals surface area contributed by atoms with E-state index in [1.54, 1.807) is 18.3 Å². The molecule has 1 heterocycles. The topological polar surface area (TPSA) is 54.2 Å². The van der Waals surface area contributed by atoms with Crippen molar-refractivity contribution in [3.63, 3.8) is 0 Å². The van der Waals surface area contributed by atoms with Crippen molar-refractivity contribution >= 4 is 29.9 Å². The summed E-state index contributed by atoms with van der Waals surface area (Å²) in [4.78, 5) is 8.56. The summed E-state index contributed by atoms with van der Waals surface area (Å²) >= 11 is 0. The first-order valence-electron chi connectivity index (χ1n) is 8.00. The van der Waals surface area contributed by atoms with Crippen molar-refractivity contribution in [3.8, 4) is 0 Å². The van der Waals surface area contributed by atoms with Crippen LogP contribution in [0.3, 0.4) is 0 Å². The predicted octanol–water partition coefficient (Wildman–Crippen LogP) is 2.83. The number of guanidine groups is 1. The maximum atomic E-state index is 13.1. The second-order valence-electron chi connectivity index (χ2n) is 5.22. The Morgan fingerprint density at radius 2 is 2.21 bits per heavy atom. The van der Waals surface area contributed by atoms with Crippen molar-refractivity contribution in [2.24, 2.45) is 4.99 Å². The zero-order valence-corrected chi connectivity index (χ0v) is 16.2. The summed E-state index contributed by atoms with van der Waals surface area (Å²) in [6.07, 6.45) is 7.26. The van der Waals surface area contributed by atoms with Gasteiger partial charge in [-0.15, -0.1) is 24.0 Å². The summed E-state index contributed by atoms with van der Waals surface area (Å²) in [5.41, 5.74) is 0.980. The highest BCUT2D eigenvalue weighted by molar-refractivity contribution is 14.0. The van der Waals surface area contributed by atoms with Gasteiger partial charge in [0, 0.05) is 38.6 Å². The van der Waals surface area contributed by atoms with E-state index in [1.165, 1.54) is 6.07 Å². The molecule has 2 N–H and O–H groups in total. The van der Waals surface area contributed by atoms with E-state index in [-0.39, 0.29) is 29.8 Å². The average molecular weight is 445 g/mol. The lowest BCUT2D eigenvalue weighted by Crippen LogP contribution is -2.38. The third-order valence-corrected chi connectivity index (χ3v) is 3.34. The highest BCUT2D eigenvalue weighted by atomic mass is 127. The van der Waals surface area contributed by atoms with Crippen molar-refractivity contribution in [3.05, 3.63) is 54.4 Å². The monoisotopic (exact) mass is 445 g/mol. The Bertz CT molecular complexity index is 601. The molecule has 0 unspecified atom stereocenters. The molecule has 0 aliphatic heterocycles. The molecular formula is C17H25FIN5. The SMILES string of the molecule is CCNC(=NCCCn1ccnc1)NCCc1cccc(F)c1.I. The van der Waals surface area contributed by atoms with Gasteiger partial charge >= 0.3 is 0 Å². The second kappa shape index (κ2) is 11.8. The predicted molar refractivity (Wildman–Crippen MR) is 106 cm³/mol. The lowest BCUT2D eigenvalue weighted by molar-refractivity contribution is 0.625. The Labute approximate surface area is 159 Å². The van der Waals surface area contributed by atoms with Gasteiger partial charge in [-0.05, 0) is 37.5 Å². The van der Waals surface area contributed by atoms with Crippen LogP contribution in [0.2, 0.25) is 0 Å². The molecule has 132 valence electrons. The van der Waals surface area contributed by atoms with Gasteiger partial charge in [0.15, 0.2) is 5.96 Å². The first kappa shape index (κ1) is 20.4. The molecule has 0 saturated carbocycles. The van der Waals surface area contributed by atoms with E-state index in [9.17, 15) is 4.39 Å². The fourth-order valence-electron chi connectivity index (χ4n) is 2.22. The zero-order chi connectivity index (χ0) is 16.3. The minimum atomic E-state index is -0.192. The van der Waals surface area contributed by atoms with Gasteiger partial charge in [-0.2, -0.15) is 0 Å². The highest BCUT2D eigenvalue weighted by Gasteiger charge is 1.99. The standard InChI is InChI=1S/C17H24FN5.HI/c1-2-20-17(21-8-4-11-23-12-10-19-14-23)22-9-7-15-5-3-6-16(18)13-15;/h3,5-6,10,12-14H,2,4,7-9,11H2,1H3,(H2,20,21,22);1H. The number of aliphatic imine (C=N–C) groups is 1. The number of rotatable bonds is 8.